The summed E-state index contributed by atoms with van der Waals surface area (Å²) >= 11 is 23.5. The molecule has 1 aromatic heterocycles. The summed E-state index contributed by atoms with van der Waals surface area (Å²) in [4.78, 5) is 18.8. The Balaban J connectivity index is 1.90. The largest absolute Gasteiger partial charge is 0.468 e. The van der Waals surface area contributed by atoms with Crippen molar-refractivity contribution in [3.05, 3.63) is 35.5 Å². The summed E-state index contributed by atoms with van der Waals surface area (Å²) in [7, 11) is -2.77. The lowest BCUT2D eigenvalue weighted by atomic mass is 10.1. The molecule has 0 fully saturated rings. The summed E-state index contributed by atoms with van der Waals surface area (Å²) in [6.45, 7) is 9.37. The van der Waals surface area contributed by atoms with Crippen LogP contribution >= 0.6 is 54.2 Å². The normalized spacial score (nSPS) is 15.3. The molecule has 0 saturated carbocycles. The number of ether oxygens (including phenoxy) is 1. The van der Waals surface area contributed by atoms with Crippen molar-refractivity contribution in [3.63, 3.8) is 0 Å². The number of hydrogen-bond acceptors (Lipinski definition) is 8. The molecule has 3 atom stereocenters. The maximum atomic E-state index is 13.5. The average Bonchev–Trinajstić information content (AvgIpc) is 2.89. The molecule has 1 unspecified atom stereocenters. The monoisotopic (exact) mass is 658 g/mol. The van der Waals surface area contributed by atoms with Gasteiger partial charge in [-0.2, -0.15) is 0 Å². The lowest BCUT2D eigenvalue weighted by molar-refractivity contribution is -0.143. The van der Waals surface area contributed by atoms with Crippen molar-refractivity contribution in [2.45, 2.75) is 56.4 Å². The number of benzene rings is 1. The van der Waals surface area contributed by atoms with E-state index in [4.69, 9.17) is 60.2 Å². The number of esters is 1. The first-order valence-electron chi connectivity index (χ1n) is 13.1. The Morgan fingerprint density at radius 2 is 1.88 bits per heavy atom. The number of nitrogens with one attached hydrogen (secondary N) is 2. The van der Waals surface area contributed by atoms with E-state index in [1.54, 1.807) is 20.0 Å². The Hall–Kier alpha value is -0.870. The zero-order chi connectivity index (χ0) is 29.9. The number of aromatic nitrogens is 1. The molecule has 0 spiro atoms. The number of hydrogen-bond donors (Lipinski definition) is 2. The van der Waals surface area contributed by atoms with E-state index < -0.39 is 30.2 Å². The molecule has 0 amide bonds. The molecule has 1 heterocycles. The van der Waals surface area contributed by atoms with Crippen molar-refractivity contribution in [1.29, 1.82) is 0 Å². The molecule has 2 rings (SSSR count). The van der Waals surface area contributed by atoms with Crippen LogP contribution < -0.4 is 10.4 Å². The minimum atomic E-state index is -4.02. The molecular formula is C26H39Cl4N4O5P. The van der Waals surface area contributed by atoms with Gasteiger partial charge in [-0.25, -0.2) is 9.65 Å². The van der Waals surface area contributed by atoms with Crippen LogP contribution in [0.1, 0.15) is 40.5 Å². The van der Waals surface area contributed by atoms with Crippen LogP contribution in [0.25, 0.3) is 10.9 Å². The van der Waals surface area contributed by atoms with Crippen molar-refractivity contribution >= 4 is 76.7 Å². The second-order valence-corrected chi connectivity index (χ2v) is 14.5. The highest BCUT2D eigenvalue weighted by Crippen LogP contribution is 2.47. The van der Waals surface area contributed by atoms with Gasteiger partial charge in [0.15, 0.2) is 0 Å². The highest BCUT2D eigenvalue weighted by Gasteiger charge is 2.37. The number of carbonyl (C=O) groups excluding carboxylic acids is 1. The topological polar surface area (TPSA) is 102 Å². The smallest absolute Gasteiger partial charge is 0.406 e. The molecule has 0 aliphatic rings. The number of methoxy groups -OCH3 is 1. The molecule has 40 heavy (non-hydrogen) atoms. The fourth-order valence-electron chi connectivity index (χ4n) is 3.97. The summed E-state index contributed by atoms with van der Waals surface area (Å²) in [5.41, 5.74) is 1.86. The van der Waals surface area contributed by atoms with Gasteiger partial charge in [-0.05, 0) is 63.0 Å². The molecule has 2 N–H and O–H groups in total. The number of alkyl halides is 3. The molecule has 0 aliphatic heterocycles. The molecule has 1 aromatic carbocycles. The fraction of sp³-hybridized carbons (Fsp3) is 0.615. The maximum absolute atomic E-state index is 13.5. The number of halogens is 4. The van der Waals surface area contributed by atoms with Gasteiger partial charge >= 0.3 is 13.7 Å². The van der Waals surface area contributed by atoms with Crippen LogP contribution in [0.3, 0.4) is 0 Å². The molecule has 226 valence electrons. The molecule has 2 aromatic rings. The van der Waals surface area contributed by atoms with Crippen LogP contribution in [-0.4, -0.2) is 71.7 Å². The first kappa shape index (κ1) is 35.3. The number of rotatable bonds is 17. The number of fused-ring (bicyclic) bond motifs is 1. The van der Waals surface area contributed by atoms with Crippen LogP contribution in [-0.2, 0) is 23.1 Å². The van der Waals surface area contributed by atoms with Gasteiger partial charge in [-0.15, -0.1) is 0 Å². The van der Waals surface area contributed by atoms with Gasteiger partial charge in [0.25, 0.3) is 0 Å². The predicted molar refractivity (Wildman–Crippen MR) is 165 cm³/mol. The predicted octanol–water partition coefficient (Wildman–Crippen LogP) is 7.09. The quantitative estimate of drug-likeness (QED) is 0.105. The Morgan fingerprint density at radius 3 is 2.50 bits per heavy atom. The molecule has 0 aliphatic carbocycles. The summed E-state index contributed by atoms with van der Waals surface area (Å²) in [6, 6.07) is 6.93. The van der Waals surface area contributed by atoms with Crippen LogP contribution in [0, 0.1) is 5.92 Å². The number of carbonyl (C=O) groups is 1. The molecule has 9 nitrogen and oxygen atoms in total. The molecule has 14 heteroatoms. The van der Waals surface area contributed by atoms with Crippen LogP contribution in [0.15, 0.2) is 30.5 Å². The Bertz CT molecular complexity index is 1140. The third-order valence-electron chi connectivity index (χ3n) is 6.15. The summed E-state index contributed by atoms with van der Waals surface area (Å²) in [5.74, 6) is -0.857. The second kappa shape index (κ2) is 16.7. The van der Waals surface area contributed by atoms with E-state index in [1.807, 2.05) is 31.2 Å². The zero-order valence-electron chi connectivity index (χ0n) is 23.5. The third kappa shape index (κ3) is 12.2. The van der Waals surface area contributed by atoms with Gasteiger partial charge in [0, 0.05) is 34.9 Å². The van der Waals surface area contributed by atoms with Crippen LogP contribution in [0.4, 0.5) is 5.69 Å². The fourth-order valence-corrected chi connectivity index (χ4v) is 6.18. The van der Waals surface area contributed by atoms with E-state index in [2.05, 4.69) is 27.2 Å². The third-order valence-corrected chi connectivity index (χ3v) is 8.30. The highest BCUT2D eigenvalue weighted by atomic mass is 35.6. The van der Waals surface area contributed by atoms with Crippen molar-refractivity contribution < 1.29 is 23.1 Å². The lowest BCUT2D eigenvalue weighted by Gasteiger charge is -2.28. The number of anilines is 1. The van der Waals surface area contributed by atoms with E-state index in [9.17, 15) is 9.36 Å². The average molecular weight is 660 g/mol. The first-order valence-corrected chi connectivity index (χ1v) is 16.2. The second-order valence-electron chi connectivity index (χ2n) is 9.74. The van der Waals surface area contributed by atoms with E-state index in [1.165, 1.54) is 7.11 Å². The zero-order valence-corrected chi connectivity index (χ0v) is 27.4. The molecular weight excluding hydrogens is 621 g/mol. The number of pyridine rings is 1. The summed E-state index contributed by atoms with van der Waals surface area (Å²) in [6.07, 6.45) is 3.62. The van der Waals surface area contributed by atoms with Gasteiger partial charge in [-0.1, -0.05) is 67.2 Å². The maximum Gasteiger partial charge on any atom is 0.406 e. The number of likely N-dealkylation sites (N-methyl/N-ethyl adjacent to an activating group) is 1. The van der Waals surface area contributed by atoms with E-state index >= 15 is 0 Å². The minimum Gasteiger partial charge on any atom is -0.468 e. The standard InChI is InChI=1S/C26H39Cl4N4O5P/c1-6-34(13-7-8-19(4)32-22-11-12-31-23-16-20(27)9-10-21(22)23)14-15-38-40(36,39-17-26(28,29)30)33-24(18(2)3)25(35)37-5/h9-12,16,18-19,24H,6-8,13-15,17H2,1-5H3,(H,31,32)(H,33,36)/t19-,24+,40?/m1/s1. The Morgan fingerprint density at radius 1 is 1.15 bits per heavy atom. The van der Waals surface area contributed by atoms with Gasteiger partial charge in [-0.3, -0.25) is 18.8 Å². The van der Waals surface area contributed by atoms with E-state index in [0.29, 0.717) is 11.6 Å². The van der Waals surface area contributed by atoms with Crippen molar-refractivity contribution in [3.8, 4) is 0 Å². The molecule has 0 radical (unpaired) electrons. The van der Waals surface area contributed by atoms with Gasteiger partial charge in [0.05, 0.1) is 19.2 Å². The van der Waals surface area contributed by atoms with Gasteiger partial charge in [0.1, 0.15) is 12.6 Å². The highest BCUT2D eigenvalue weighted by molar-refractivity contribution is 7.51. The van der Waals surface area contributed by atoms with E-state index in [0.717, 1.165) is 42.5 Å². The van der Waals surface area contributed by atoms with Crippen molar-refractivity contribution in [2.75, 3.05) is 45.3 Å². The summed E-state index contributed by atoms with van der Waals surface area (Å²) in [5, 5.41) is 7.91. The van der Waals surface area contributed by atoms with Crippen LogP contribution in [0.2, 0.25) is 5.02 Å². The minimum absolute atomic E-state index is 0.0727. The van der Waals surface area contributed by atoms with Gasteiger partial charge in [0.2, 0.25) is 3.79 Å². The van der Waals surface area contributed by atoms with Gasteiger partial charge < -0.3 is 15.0 Å². The SMILES string of the molecule is CCN(CCC[C@@H](C)Nc1ccnc2cc(Cl)ccc12)CCOP(=O)(N[C@H](C(=O)OC)C(C)C)OCC(Cl)(Cl)Cl. The Kier molecular flexibility index (Phi) is 14.7. The molecule has 0 saturated heterocycles. The first-order chi connectivity index (χ1) is 18.8. The van der Waals surface area contributed by atoms with Crippen molar-refractivity contribution in [1.82, 2.24) is 15.0 Å². The Labute approximate surface area is 257 Å². The number of nitrogens with zero attached hydrogens (tertiary/aromatic N) is 2. The lowest BCUT2D eigenvalue weighted by Crippen LogP contribution is -2.41. The van der Waals surface area contributed by atoms with E-state index in [-0.39, 0.29) is 18.6 Å². The molecule has 0 bridgehead atoms. The van der Waals surface area contributed by atoms with Crippen LogP contribution in [0.5, 0.6) is 0 Å². The summed E-state index contributed by atoms with van der Waals surface area (Å²) < 4.78 is 27.5. The van der Waals surface area contributed by atoms with Crippen molar-refractivity contribution in [2.24, 2.45) is 5.92 Å².